The average Bonchev–Trinajstić information content (AvgIpc) is 2.91. The van der Waals surface area contributed by atoms with E-state index in [-0.39, 0.29) is 24.9 Å². The van der Waals surface area contributed by atoms with E-state index in [0.29, 0.717) is 5.92 Å². The van der Waals surface area contributed by atoms with Crippen molar-refractivity contribution in [2.45, 2.75) is 19.3 Å². The smallest absolute Gasteiger partial charge is 0.246 e. The van der Waals surface area contributed by atoms with Crippen molar-refractivity contribution >= 4 is 18.3 Å². The third kappa shape index (κ3) is 5.14. The zero-order valence-corrected chi connectivity index (χ0v) is 10.4. The van der Waals surface area contributed by atoms with Crippen LogP contribution in [0.15, 0.2) is 0 Å². The van der Waals surface area contributed by atoms with E-state index in [1.54, 1.807) is 0 Å². The Bertz CT molecular complexity index is 216. The number of halogens is 1. The fourth-order valence-electron chi connectivity index (χ4n) is 1.80. The van der Waals surface area contributed by atoms with Gasteiger partial charge in [0.25, 0.3) is 0 Å². The molecule has 1 aliphatic heterocycles. The quantitative estimate of drug-likeness (QED) is 0.722. The molecule has 0 aromatic rings. The Kier molecular flexibility index (Phi) is 6.09. The van der Waals surface area contributed by atoms with Crippen LogP contribution in [0.3, 0.4) is 0 Å². The summed E-state index contributed by atoms with van der Waals surface area (Å²) in [5.74, 6) is 1.37. The number of carbonyl (C=O) groups is 1. The highest BCUT2D eigenvalue weighted by atomic mass is 35.5. The molecule has 1 atom stereocenters. The van der Waals surface area contributed by atoms with Gasteiger partial charge in [0.15, 0.2) is 0 Å². The monoisotopic (exact) mass is 248 g/mol. The van der Waals surface area contributed by atoms with Crippen LogP contribution < -0.4 is 10.6 Å². The summed E-state index contributed by atoms with van der Waals surface area (Å²) in [5, 5.41) is 6.19. The molecule has 0 bridgehead atoms. The fraction of sp³-hybridized carbons (Fsp3) is 0.909. The molecule has 2 N–H and O–H groups in total. The Balaban J connectivity index is 0.00000128. The predicted molar refractivity (Wildman–Crippen MR) is 64.8 cm³/mol. The van der Waals surface area contributed by atoms with Gasteiger partial charge in [0.2, 0.25) is 5.91 Å². The molecule has 2 fully saturated rings. The van der Waals surface area contributed by atoms with Gasteiger partial charge in [-0.05, 0) is 44.2 Å². The van der Waals surface area contributed by atoms with Crippen LogP contribution in [-0.2, 0) is 9.53 Å². The van der Waals surface area contributed by atoms with Gasteiger partial charge in [-0.15, -0.1) is 12.4 Å². The number of hydrogen-bond donors (Lipinski definition) is 2. The maximum Gasteiger partial charge on any atom is 0.246 e. The van der Waals surface area contributed by atoms with Crippen molar-refractivity contribution in [3.05, 3.63) is 0 Å². The molecule has 2 rings (SSSR count). The second kappa shape index (κ2) is 7.09. The Labute approximate surface area is 103 Å². The van der Waals surface area contributed by atoms with Crippen LogP contribution >= 0.6 is 12.4 Å². The third-order valence-electron chi connectivity index (χ3n) is 3.03. The molecule has 4 nitrogen and oxygen atoms in total. The van der Waals surface area contributed by atoms with E-state index in [1.165, 1.54) is 19.3 Å². The number of amides is 1. The van der Waals surface area contributed by atoms with Crippen molar-refractivity contribution in [3.63, 3.8) is 0 Å². The molecule has 0 aromatic carbocycles. The highest BCUT2D eigenvalue weighted by molar-refractivity contribution is 5.85. The molecule has 0 radical (unpaired) electrons. The summed E-state index contributed by atoms with van der Waals surface area (Å²) < 4.78 is 5.31. The summed E-state index contributed by atoms with van der Waals surface area (Å²) in [6.07, 6.45) is 3.72. The Hall–Kier alpha value is -0.320. The molecular formula is C11H21ClN2O2. The summed E-state index contributed by atoms with van der Waals surface area (Å²) >= 11 is 0. The molecule has 1 unspecified atom stereocenters. The van der Waals surface area contributed by atoms with Crippen molar-refractivity contribution in [2.24, 2.45) is 11.8 Å². The number of ether oxygens (including phenoxy) is 1. The van der Waals surface area contributed by atoms with Gasteiger partial charge in [0.1, 0.15) is 6.61 Å². The first-order valence-corrected chi connectivity index (χ1v) is 5.90. The Morgan fingerprint density at radius 2 is 2.12 bits per heavy atom. The molecule has 1 aliphatic carbocycles. The van der Waals surface area contributed by atoms with E-state index in [2.05, 4.69) is 10.6 Å². The molecule has 0 spiro atoms. The summed E-state index contributed by atoms with van der Waals surface area (Å²) in [7, 11) is 0. The summed E-state index contributed by atoms with van der Waals surface area (Å²) in [5.41, 5.74) is 0. The van der Waals surface area contributed by atoms with E-state index < -0.39 is 0 Å². The maximum atomic E-state index is 11.3. The van der Waals surface area contributed by atoms with E-state index in [1.807, 2.05) is 0 Å². The molecule has 1 amide bonds. The van der Waals surface area contributed by atoms with Crippen molar-refractivity contribution in [2.75, 3.05) is 32.8 Å². The molecule has 94 valence electrons. The van der Waals surface area contributed by atoms with E-state index in [9.17, 15) is 4.79 Å². The van der Waals surface area contributed by atoms with E-state index in [4.69, 9.17) is 4.74 Å². The summed E-state index contributed by atoms with van der Waals surface area (Å²) in [6.45, 7) is 3.90. The SMILES string of the molecule is Cl.O=C(COCC1CC1)NCC1CCNC1. The highest BCUT2D eigenvalue weighted by Crippen LogP contribution is 2.28. The Morgan fingerprint density at radius 3 is 2.75 bits per heavy atom. The van der Waals surface area contributed by atoms with Gasteiger partial charge in [-0.3, -0.25) is 4.79 Å². The van der Waals surface area contributed by atoms with Crippen LogP contribution in [0.25, 0.3) is 0 Å². The topological polar surface area (TPSA) is 50.4 Å². The van der Waals surface area contributed by atoms with E-state index in [0.717, 1.165) is 32.2 Å². The first-order chi connectivity index (χ1) is 7.34. The number of nitrogens with one attached hydrogen (secondary N) is 2. The number of rotatable bonds is 6. The van der Waals surface area contributed by atoms with Crippen LogP contribution in [0.4, 0.5) is 0 Å². The molecule has 2 aliphatic rings. The lowest BCUT2D eigenvalue weighted by Crippen LogP contribution is -2.33. The van der Waals surface area contributed by atoms with Crippen LogP contribution in [-0.4, -0.2) is 38.8 Å². The van der Waals surface area contributed by atoms with E-state index >= 15 is 0 Å². The molecule has 1 saturated heterocycles. The van der Waals surface area contributed by atoms with Crippen LogP contribution in [0.5, 0.6) is 0 Å². The van der Waals surface area contributed by atoms with Crippen LogP contribution in [0.2, 0.25) is 0 Å². The van der Waals surface area contributed by atoms with Gasteiger partial charge in [0, 0.05) is 6.54 Å². The fourth-order valence-corrected chi connectivity index (χ4v) is 1.80. The number of hydrogen-bond acceptors (Lipinski definition) is 3. The van der Waals surface area contributed by atoms with Gasteiger partial charge in [-0.25, -0.2) is 0 Å². The van der Waals surface area contributed by atoms with Gasteiger partial charge in [-0.2, -0.15) is 0 Å². The minimum Gasteiger partial charge on any atom is -0.371 e. The van der Waals surface area contributed by atoms with Crippen molar-refractivity contribution in [1.29, 1.82) is 0 Å². The third-order valence-corrected chi connectivity index (χ3v) is 3.03. The van der Waals surface area contributed by atoms with Crippen molar-refractivity contribution in [1.82, 2.24) is 10.6 Å². The standard InChI is InChI=1S/C11H20N2O2.ClH/c14-11(8-15-7-9-1-2-9)13-6-10-3-4-12-5-10;/h9-10,12H,1-8H2,(H,13,14);1H. The minimum absolute atomic E-state index is 0. The second-order valence-electron chi connectivity index (χ2n) is 4.62. The van der Waals surface area contributed by atoms with Gasteiger partial charge < -0.3 is 15.4 Å². The van der Waals surface area contributed by atoms with Gasteiger partial charge >= 0.3 is 0 Å². The first-order valence-electron chi connectivity index (χ1n) is 5.90. The van der Waals surface area contributed by atoms with Gasteiger partial charge in [0.05, 0.1) is 6.61 Å². The molecule has 0 aromatic heterocycles. The molecule has 5 heteroatoms. The summed E-state index contributed by atoms with van der Waals surface area (Å²) in [4.78, 5) is 11.3. The molecule has 1 saturated carbocycles. The first kappa shape index (κ1) is 13.7. The lowest BCUT2D eigenvalue weighted by atomic mass is 10.1. The van der Waals surface area contributed by atoms with Crippen molar-refractivity contribution < 1.29 is 9.53 Å². The average molecular weight is 249 g/mol. The van der Waals surface area contributed by atoms with Crippen molar-refractivity contribution in [3.8, 4) is 0 Å². The van der Waals surface area contributed by atoms with Crippen LogP contribution in [0, 0.1) is 11.8 Å². The lowest BCUT2D eigenvalue weighted by molar-refractivity contribution is -0.126. The molecule has 16 heavy (non-hydrogen) atoms. The maximum absolute atomic E-state index is 11.3. The minimum atomic E-state index is 0. The molecular weight excluding hydrogens is 228 g/mol. The second-order valence-corrected chi connectivity index (χ2v) is 4.62. The lowest BCUT2D eigenvalue weighted by Gasteiger charge is -2.10. The zero-order chi connectivity index (χ0) is 10.5. The largest absolute Gasteiger partial charge is 0.371 e. The Morgan fingerprint density at radius 1 is 1.31 bits per heavy atom. The highest BCUT2D eigenvalue weighted by Gasteiger charge is 2.21. The summed E-state index contributed by atoms with van der Waals surface area (Å²) in [6, 6.07) is 0. The van der Waals surface area contributed by atoms with Gasteiger partial charge in [-0.1, -0.05) is 0 Å². The normalized spacial score (nSPS) is 23.9. The van der Waals surface area contributed by atoms with Crippen LogP contribution in [0.1, 0.15) is 19.3 Å². The number of carbonyl (C=O) groups excluding carboxylic acids is 1. The molecule has 1 heterocycles. The predicted octanol–water partition coefficient (Wildman–Crippen LogP) is 0.560. The zero-order valence-electron chi connectivity index (χ0n) is 9.54.